The minimum atomic E-state index is -0.0139. The van der Waals surface area contributed by atoms with E-state index in [2.05, 4.69) is 18.7 Å². The Balaban J connectivity index is 2.05. The Bertz CT molecular complexity index is 536. The molecule has 2 N–H and O–H groups in total. The summed E-state index contributed by atoms with van der Waals surface area (Å²) in [4.78, 5) is 0. The molecule has 0 aliphatic heterocycles. The average molecular weight is 267 g/mol. The number of benzene rings is 2. The van der Waals surface area contributed by atoms with E-state index in [0.29, 0.717) is 6.61 Å². The van der Waals surface area contributed by atoms with Crippen LogP contribution in [-0.4, -0.2) is 0 Å². The fourth-order valence-electron chi connectivity index (χ4n) is 2.11. The summed E-state index contributed by atoms with van der Waals surface area (Å²) >= 11 is 0. The summed E-state index contributed by atoms with van der Waals surface area (Å²) < 4.78 is 5.92. The van der Waals surface area contributed by atoms with Gasteiger partial charge in [0.05, 0.1) is 0 Å². The van der Waals surface area contributed by atoms with Gasteiger partial charge in [0.1, 0.15) is 12.4 Å². The Kier molecular flexibility index (Phi) is 5.39. The Morgan fingerprint density at radius 1 is 1.05 bits per heavy atom. The van der Waals surface area contributed by atoms with E-state index in [1.807, 2.05) is 48.5 Å². The monoisotopic (exact) mass is 267 g/mol. The van der Waals surface area contributed by atoms with Crippen LogP contribution in [0.5, 0.6) is 5.75 Å². The van der Waals surface area contributed by atoms with Gasteiger partial charge in [-0.25, -0.2) is 0 Å². The summed E-state index contributed by atoms with van der Waals surface area (Å²) in [5.41, 5.74) is 8.44. The van der Waals surface area contributed by atoms with Crippen molar-refractivity contribution in [3.63, 3.8) is 0 Å². The molecular weight excluding hydrogens is 246 g/mol. The molecule has 2 heteroatoms. The van der Waals surface area contributed by atoms with E-state index < -0.39 is 0 Å². The number of rotatable bonds is 7. The molecule has 0 radical (unpaired) electrons. The second kappa shape index (κ2) is 7.51. The van der Waals surface area contributed by atoms with Crippen LogP contribution in [0.1, 0.15) is 30.0 Å². The molecule has 0 aromatic heterocycles. The molecule has 2 rings (SSSR count). The first-order valence-corrected chi connectivity index (χ1v) is 6.93. The summed E-state index contributed by atoms with van der Waals surface area (Å²) in [6.45, 7) is 4.30. The van der Waals surface area contributed by atoms with Crippen LogP contribution in [0.4, 0.5) is 0 Å². The summed E-state index contributed by atoms with van der Waals surface area (Å²) in [5.74, 6) is 0.868. The van der Waals surface area contributed by atoms with Crippen LogP contribution in [-0.2, 0) is 6.61 Å². The number of ether oxygens (including phenoxy) is 1. The van der Waals surface area contributed by atoms with E-state index in [0.717, 1.165) is 29.7 Å². The number of para-hydroxylation sites is 1. The van der Waals surface area contributed by atoms with Crippen molar-refractivity contribution in [3.05, 3.63) is 78.4 Å². The molecule has 0 heterocycles. The minimum absolute atomic E-state index is 0.0139. The van der Waals surface area contributed by atoms with Crippen LogP contribution in [0.3, 0.4) is 0 Å². The summed E-state index contributed by atoms with van der Waals surface area (Å²) in [6, 6.07) is 18.1. The molecule has 0 bridgehead atoms. The maximum absolute atomic E-state index is 6.22. The number of hydrogen-bond donors (Lipinski definition) is 1. The van der Waals surface area contributed by atoms with Crippen molar-refractivity contribution in [2.24, 2.45) is 5.73 Å². The van der Waals surface area contributed by atoms with Gasteiger partial charge in [-0.05, 0) is 24.5 Å². The third kappa shape index (κ3) is 3.97. The van der Waals surface area contributed by atoms with Crippen LogP contribution in [0.2, 0.25) is 0 Å². The van der Waals surface area contributed by atoms with Crippen molar-refractivity contribution in [2.75, 3.05) is 0 Å². The summed E-state index contributed by atoms with van der Waals surface area (Å²) in [7, 11) is 0. The van der Waals surface area contributed by atoms with Crippen LogP contribution >= 0.6 is 0 Å². The van der Waals surface area contributed by atoms with E-state index in [-0.39, 0.29) is 6.04 Å². The van der Waals surface area contributed by atoms with Gasteiger partial charge >= 0.3 is 0 Å². The van der Waals surface area contributed by atoms with Gasteiger partial charge in [-0.1, -0.05) is 54.6 Å². The second-order valence-corrected chi connectivity index (χ2v) is 4.78. The number of allylic oxidation sites excluding steroid dienone is 1. The molecule has 2 aromatic rings. The van der Waals surface area contributed by atoms with E-state index >= 15 is 0 Å². The van der Waals surface area contributed by atoms with Crippen LogP contribution in [0.25, 0.3) is 0 Å². The molecule has 20 heavy (non-hydrogen) atoms. The fourth-order valence-corrected chi connectivity index (χ4v) is 2.11. The standard InChI is InChI=1S/C18H21NO/c1-2-3-12-17(19)16-11-7-8-13-18(16)20-14-15-9-5-4-6-10-15/h2,4-11,13,17H,1,3,12,14,19H2/t17-/m0/s1. The zero-order valence-electron chi connectivity index (χ0n) is 11.7. The van der Waals surface area contributed by atoms with Gasteiger partial charge in [0, 0.05) is 11.6 Å². The Hall–Kier alpha value is -2.06. The normalized spacial score (nSPS) is 11.8. The van der Waals surface area contributed by atoms with Gasteiger partial charge in [0.15, 0.2) is 0 Å². The lowest BCUT2D eigenvalue weighted by Crippen LogP contribution is -2.11. The van der Waals surface area contributed by atoms with Crippen molar-refractivity contribution in [3.8, 4) is 5.75 Å². The SMILES string of the molecule is C=CCC[C@H](N)c1ccccc1OCc1ccccc1. The highest BCUT2D eigenvalue weighted by Crippen LogP contribution is 2.27. The largest absolute Gasteiger partial charge is 0.489 e. The quantitative estimate of drug-likeness (QED) is 0.762. The molecule has 0 amide bonds. The fraction of sp³-hybridized carbons (Fsp3) is 0.222. The molecule has 1 atom stereocenters. The summed E-state index contributed by atoms with van der Waals surface area (Å²) in [5, 5.41) is 0. The highest BCUT2D eigenvalue weighted by Gasteiger charge is 2.11. The molecular formula is C18H21NO. The molecule has 2 nitrogen and oxygen atoms in total. The first-order chi connectivity index (χ1) is 9.81. The molecule has 0 aliphatic carbocycles. The molecule has 0 fully saturated rings. The van der Waals surface area contributed by atoms with Crippen molar-refractivity contribution >= 4 is 0 Å². The van der Waals surface area contributed by atoms with E-state index in [4.69, 9.17) is 10.5 Å². The van der Waals surface area contributed by atoms with Crippen molar-refractivity contribution in [1.29, 1.82) is 0 Å². The van der Waals surface area contributed by atoms with Gasteiger partial charge in [-0.15, -0.1) is 6.58 Å². The predicted molar refractivity (Wildman–Crippen MR) is 83.6 cm³/mol. The first kappa shape index (κ1) is 14.4. The predicted octanol–water partition coefficient (Wildman–Crippen LogP) is 4.23. The highest BCUT2D eigenvalue weighted by molar-refractivity contribution is 5.36. The third-order valence-corrected chi connectivity index (χ3v) is 3.24. The topological polar surface area (TPSA) is 35.2 Å². The first-order valence-electron chi connectivity index (χ1n) is 6.93. The van der Waals surface area contributed by atoms with Gasteiger partial charge in [0.25, 0.3) is 0 Å². The third-order valence-electron chi connectivity index (χ3n) is 3.24. The minimum Gasteiger partial charge on any atom is -0.489 e. The second-order valence-electron chi connectivity index (χ2n) is 4.78. The summed E-state index contributed by atoms with van der Waals surface area (Å²) in [6.07, 6.45) is 3.69. The lowest BCUT2D eigenvalue weighted by atomic mass is 10.0. The van der Waals surface area contributed by atoms with Crippen LogP contribution < -0.4 is 10.5 Å². The highest BCUT2D eigenvalue weighted by atomic mass is 16.5. The van der Waals surface area contributed by atoms with Crippen molar-refractivity contribution in [1.82, 2.24) is 0 Å². The Labute approximate surface area is 120 Å². The zero-order chi connectivity index (χ0) is 14.2. The lowest BCUT2D eigenvalue weighted by Gasteiger charge is -2.16. The Morgan fingerprint density at radius 2 is 1.75 bits per heavy atom. The smallest absolute Gasteiger partial charge is 0.124 e. The van der Waals surface area contributed by atoms with E-state index in [1.165, 1.54) is 0 Å². The zero-order valence-corrected chi connectivity index (χ0v) is 11.7. The molecule has 0 unspecified atom stereocenters. The van der Waals surface area contributed by atoms with Gasteiger partial charge in [0.2, 0.25) is 0 Å². The number of nitrogens with two attached hydrogens (primary N) is 1. The van der Waals surface area contributed by atoms with Gasteiger partial charge in [-0.3, -0.25) is 0 Å². The van der Waals surface area contributed by atoms with Gasteiger partial charge in [-0.2, -0.15) is 0 Å². The molecule has 104 valence electrons. The maximum atomic E-state index is 6.22. The molecule has 0 aliphatic rings. The van der Waals surface area contributed by atoms with Gasteiger partial charge < -0.3 is 10.5 Å². The maximum Gasteiger partial charge on any atom is 0.124 e. The van der Waals surface area contributed by atoms with Crippen LogP contribution in [0.15, 0.2) is 67.3 Å². The molecule has 0 saturated carbocycles. The van der Waals surface area contributed by atoms with E-state index in [9.17, 15) is 0 Å². The van der Waals surface area contributed by atoms with Crippen LogP contribution in [0, 0.1) is 0 Å². The number of hydrogen-bond acceptors (Lipinski definition) is 2. The van der Waals surface area contributed by atoms with Crippen molar-refractivity contribution < 1.29 is 4.74 Å². The van der Waals surface area contributed by atoms with Crippen molar-refractivity contribution in [2.45, 2.75) is 25.5 Å². The molecule has 2 aromatic carbocycles. The lowest BCUT2D eigenvalue weighted by molar-refractivity contribution is 0.300. The van der Waals surface area contributed by atoms with E-state index in [1.54, 1.807) is 0 Å². The molecule has 0 spiro atoms. The Morgan fingerprint density at radius 3 is 2.50 bits per heavy atom. The average Bonchev–Trinajstić information content (AvgIpc) is 2.52. The molecule has 0 saturated heterocycles.